The quantitative estimate of drug-likeness (QED) is 0.389. The monoisotopic (exact) mass is 207 g/mol. The van der Waals surface area contributed by atoms with E-state index in [0.717, 1.165) is 0 Å². The summed E-state index contributed by atoms with van der Waals surface area (Å²) in [6.45, 7) is 1.94. The second-order valence-corrected chi connectivity index (χ2v) is 2.97. The Morgan fingerprint density at radius 2 is 1.71 bits per heavy atom. The number of aliphatic hydroxyl groups excluding tert-OH is 1. The Morgan fingerprint density at radius 3 is 1.71 bits per heavy atom. The van der Waals surface area contributed by atoms with Gasteiger partial charge in [-0.25, -0.2) is 9.59 Å². The minimum atomic E-state index is -1.82. The van der Waals surface area contributed by atoms with Crippen LogP contribution in [0.15, 0.2) is 0 Å². The Kier molecular flexibility index (Phi) is 5.06. The Bertz CT molecular complexity index is 187. The van der Waals surface area contributed by atoms with Crippen LogP contribution in [0.1, 0.15) is 0 Å². The molecule has 5 N–H and O–H groups in total. The molecule has 82 valence electrons. The maximum Gasteiger partial charge on any atom is 0.414 e. The van der Waals surface area contributed by atoms with Crippen LogP contribution in [0.3, 0.4) is 0 Å². The van der Waals surface area contributed by atoms with Crippen LogP contribution in [0.4, 0.5) is 0 Å². The zero-order valence-corrected chi connectivity index (χ0v) is 7.47. The number of carboxylic acid groups (broad SMARTS) is 2. The summed E-state index contributed by atoms with van der Waals surface area (Å²) in [4.78, 5) is 18.2. The lowest BCUT2D eigenvalue weighted by atomic mass is 9.87. The van der Waals surface area contributed by atoms with Crippen molar-refractivity contribution in [1.29, 1.82) is 0 Å². The summed E-state index contributed by atoms with van der Waals surface area (Å²) in [5, 5.41) is 23.5. The first-order chi connectivity index (χ1) is 6.47. The van der Waals surface area contributed by atoms with Crippen LogP contribution in [-0.2, 0) is 14.3 Å². The number of carboxylic acids is 2. The molecule has 0 aromatic rings. The second-order valence-electron chi connectivity index (χ2n) is 2.97. The smallest absolute Gasteiger partial charge is 0.414 e. The van der Waals surface area contributed by atoms with Crippen molar-refractivity contribution in [3.63, 3.8) is 0 Å². The maximum atomic E-state index is 9.10. The van der Waals surface area contributed by atoms with Crippen LogP contribution in [-0.4, -0.2) is 53.6 Å². The van der Waals surface area contributed by atoms with Gasteiger partial charge in [0.15, 0.2) is 0 Å². The number of hydrogen-bond donors (Lipinski definition) is 4. The van der Waals surface area contributed by atoms with Crippen LogP contribution in [0.5, 0.6) is 0 Å². The number of carbonyl (C=O) groups is 2. The van der Waals surface area contributed by atoms with Crippen molar-refractivity contribution in [2.45, 2.75) is 0 Å². The molecule has 0 amide bonds. The number of rotatable bonds is 2. The lowest BCUT2D eigenvalue weighted by Gasteiger charge is -2.38. The molecule has 1 heterocycles. The third-order valence-electron chi connectivity index (χ3n) is 1.77. The van der Waals surface area contributed by atoms with Crippen LogP contribution in [0.25, 0.3) is 0 Å². The van der Waals surface area contributed by atoms with E-state index in [4.69, 9.17) is 35.4 Å². The van der Waals surface area contributed by atoms with Gasteiger partial charge in [-0.2, -0.15) is 0 Å². The van der Waals surface area contributed by atoms with Crippen molar-refractivity contribution in [2.75, 3.05) is 26.4 Å². The third-order valence-corrected chi connectivity index (χ3v) is 1.77. The van der Waals surface area contributed by atoms with Gasteiger partial charge in [-0.05, 0) is 0 Å². The van der Waals surface area contributed by atoms with Gasteiger partial charge in [0, 0.05) is 6.54 Å². The standard InChI is InChI=1S/C5H11NO2.C2H2O4/c6-1-5(2-7)3-8-4-5;3-1(4)2(5)6/h7H,1-4,6H2;(H,3,4)(H,5,6). The predicted molar refractivity (Wildman–Crippen MR) is 44.7 cm³/mol. The third kappa shape index (κ3) is 3.69. The van der Waals surface area contributed by atoms with Crippen molar-refractivity contribution in [1.82, 2.24) is 0 Å². The number of hydrogen-bond acceptors (Lipinski definition) is 5. The Hall–Kier alpha value is -1.18. The van der Waals surface area contributed by atoms with Gasteiger partial charge < -0.3 is 25.8 Å². The second kappa shape index (κ2) is 5.53. The summed E-state index contributed by atoms with van der Waals surface area (Å²) in [6, 6.07) is 0. The highest BCUT2D eigenvalue weighted by Gasteiger charge is 2.36. The Labute approximate surface area is 80.1 Å². The summed E-state index contributed by atoms with van der Waals surface area (Å²) in [5.74, 6) is -3.65. The molecule has 0 atom stereocenters. The van der Waals surface area contributed by atoms with Gasteiger partial charge in [0.1, 0.15) is 0 Å². The fourth-order valence-corrected chi connectivity index (χ4v) is 0.664. The van der Waals surface area contributed by atoms with E-state index in [9.17, 15) is 0 Å². The molecule has 0 aromatic carbocycles. The highest BCUT2D eigenvalue weighted by atomic mass is 16.5. The molecular weight excluding hydrogens is 194 g/mol. The Morgan fingerprint density at radius 1 is 1.29 bits per heavy atom. The van der Waals surface area contributed by atoms with Gasteiger partial charge in [0.05, 0.1) is 25.2 Å². The van der Waals surface area contributed by atoms with Crippen molar-refractivity contribution in [3.8, 4) is 0 Å². The predicted octanol–water partition coefficient (Wildman–Crippen LogP) is -1.89. The zero-order valence-electron chi connectivity index (χ0n) is 7.47. The van der Waals surface area contributed by atoms with E-state index in [1.54, 1.807) is 0 Å². The molecule has 0 bridgehead atoms. The Balaban J connectivity index is 0.000000255. The molecule has 0 aromatic heterocycles. The number of ether oxygens (including phenoxy) is 1. The molecule has 1 aliphatic rings. The van der Waals surface area contributed by atoms with Gasteiger partial charge in [0.25, 0.3) is 0 Å². The number of aliphatic hydroxyl groups is 1. The van der Waals surface area contributed by atoms with Crippen molar-refractivity contribution < 1.29 is 29.6 Å². The SMILES string of the molecule is NCC1(CO)COC1.O=C(O)C(=O)O. The highest BCUT2D eigenvalue weighted by Crippen LogP contribution is 2.24. The molecule has 7 nitrogen and oxygen atoms in total. The average molecular weight is 207 g/mol. The van der Waals surface area contributed by atoms with Gasteiger partial charge in [-0.15, -0.1) is 0 Å². The molecule has 0 unspecified atom stereocenters. The van der Waals surface area contributed by atoms with Gasteiger partial charge in [0.2, 0.25) is 0 Å². The van der Waals surface area contributed by atoms with E-state index in [1.807, 2.05) is 0 Å². The fourth-order valence-electron chi connectivity index (χ4n) is 0.664. The van der Waals surface area contributed by atoms with Crippen molar-refractivity contribution in [3.05, 3.63) is 0 Å². The lowest BCUT2D eigenvalue weighted by molar-refractivity contribution is -0.159. The van der Waals surface area contributed by atoms with E-state index in [2.05, 4.69) is 0 Å². The molecule has 1 fully saturated rings. The van der Waals surface area contributed by atoms with Crippen molar-refractivity contribution >= 4 is 11.9 Å². The molecule has 0 radical (unpaired) electrons. The minimum absolute atomic E-state index is 0.0833. The van der Waals surface area contributed by atoms with E-state index < -0.39 is 11.9 Å². The molecule has 14 heavy (non-hydrogen) atoms. The summed E-state index contributed by atoms with van der Waals surface area (Å²) >= 11 is 0. The van der Waals surface area contributed by atoms with Crippen LogP contribution in [0.2, 0.25) is 0 Å². The van der Waals surface area contributed by atoms with Crippen LogP contribution in [0, 0.1) is 5.41 Å². The summed E-state index contributed by atoms with van der Waals surface area (Å²) < 4.78 is 4.88. The molecular formula is C7H13NO6. The first-order valence-electron chi connectivity index (χ1n) is 3.82. The molecule has 0 saturated carbocycles. The maximum absolute atomic E-state index is 9.10. The molecule has 1 aliphatic heterocycles. The zero-order chi connectivity index (χ0) is 11.2. The summed E-state index contributed by atoms with van der Waals surface area (Å²) in [6.07, 6.45) is 0. The first kappa shape index (κ1) is 12.8. The number of nitrogens with two attached hydrogens (primary N) is 1. The normalized spacial score (nSPS) is 17.3. The van der Waals surface area contributed by atoms with Gasteiger partial charge in [-0.3, -0.25) is 0 Å². The minimum Gasteiger partial charge on any atom is -0.473 e. The molecule has 1 rings (SSSR count). The molecule has 0 spiro atoms. The van der Waals surface area contributed by atoms with E-state index in [-0.39, 0.29) is 12.0 Å². The topological polar surface area (TPSA) is 130 Å². The van der Waals surface area contributed by atoms with E-state index >= 15 is 0 Å². The van der Waals surface area contributed by atoms with Crippen LogP contribution < -0.4 is 5.73 Å². The largest absolute Gasteiger partial charge is 0.473 e. The van der Waals surface area contributed by atoms with Gasteiger partial charge >= 0.3 is 11.9 Å². The van der Waals surface area contributed by atoms with E-state index in [0.29, 0.717) is 19.8 Å². The molecule has 7 heteroatoms. The average Bonchev–Trinajstić information content (AvgIpc) is 2.05. The first-order valence-corrected chi connectivity index (χ1v) is 3.82. The van der Waals surface area contributed by atoms with Crippen LogP contribution >= 0.6 is 0 Å². The highest BCUT2D eigenvalue weighted by molar-refractivity contribution is 6.27. The van der Waals surface area contributed by atoms with E-state index in [1.165, 1.54) is 0 Å². The van der Waals surface area contributed by atoms with Gasteiger partial charge in [-0.1, -0.05) is 0 Å². The number of aliphatic carboxylic acids is 2. The fraction of sp³-hybridized carbons (Fsp3) is 0.714. The molecule has 0 aliphatic carbocycles. The lowest BCUT2D eigenvalue weighted by Crippen LogP contribution is -2.50. The van der Waals surface area contributed by atoms with Crippen molar-refractivity contribution in [2.24, 2.45) is 11.1 Å². The summed E-state index contributed by atoms with van der Waals surface area (Å²) in [5.41, 5.74) is 5.26. The molecule has 1 saturated heterocycles. The summed E-state index contributed by atoms with van der Waals surface area (Å²) in [7, 11) is 0.